The Morgan fingerprint density at radius 3 is 2.69 bits per heavy atom. The minimum atomic E-state index is 0.989. The summed E-state index contributed by atoms with van der Waals surface area (Å²) in [6.07, 6.45) is 9.81. The van der Waals surface area contributed by atoms with Gasteiger partial charge in [-0.2, -0.15) is 10.2 Å². The van der Waals surface area contributed by atoms with Crippen LogP contribution < -0.4 is 0 Å². The molecule has 68 valence electrons. The number of allylic oxidation sites excluding steroid dienone is 3. The maximum absolute atomic E-state index is 3.97. The van der Waals surface area contributed by atoms with Crippen molar-refractivity contribution in [3.63, 3.8) is 0 Å². The normalized spacial score (nSPS) is 11.6. The van der Waals surface area contributed by atoms with Crippen LogP contribution >= 0.6 is 0 Å². The summed E-state index contributed by atoms with van der Waals surface area (Å²) in [4.78, 5) is 0. The van der Waals surface area contributed by atoms with Crippen LogP contribution in [0.1, 0.15) is 23.7 Å². The van der Waals surface area contributed by atoms with Crippen LogP contribution in [0.25, 0.3) is 6.08 Å². The molecule has 0 aliphatic carbocycles. The van der Waals surface area contributed by atoms with E-state index < -0.39 is 0 Å². The maximum Gasteiger partial charge on any atom is 0.0635 e. The lowest BCUT2D eigenvalue weighted by molar-refractivity contribution is 0.957. The Hall–Kier alpha value is -1.44. The number of hydrogen-bond donors (Lipinski definition) is 0. The van der Waals surface area contributed by atoms with Gasteiger partial charge in [-0.1, -0.05) is 24.3 Å². The lowest BCUT2D eigenvalue weighted by Crippen LogP contribution is -1.92. The van der Waals surface area contributed by atoms with Crippen molar-refractivity contribution in [2.24, 2.45) is 0 Å². The van der Waals surface area contributed by atoms with Crippen LogP contribution in [0.15, 0.2) is 24.4 Å². The van der Waals surface area contributed by atoms with Crippen molar-refractivity contribution in [1.29, 1.82) is 0 Å². The van der Waals surface area contributed by atoms with Crippen LogP contribution in [0.3, 0.4) is 0 Å². The summed E-state index contributed by atoms with van der Waals surface area (Å²) in [6.45, 7) is 6.02. The third-order valence-electron chi connectivity index (χ3n) is 1.96. The van der Waals surface area contributed by atoms with E-state index >= 15 is 0 Å². The summed E-state index contributed by atoms with van der Waals surface area (Å²) < 4.78 is 0. The van der Waals surface area contributed by atoms with Crippen LogP contribution in [0.5, 0.6) is 0 Å². The molecule has 0 amide bonds. The summed E-state index contributed by atoms with van der Waals surface area (Å²) in [5, 5.41) is 7.86. The van der Waals surface area contributed by atoms with Gasteiger partial charge in [0.25, 0.3) is 0 Å². The molecule has 1 aromatic heterocycles. The van der Waals surface area contributed by atoms with Crippen LogP contribution in [-0.2, 0) is 0 Å². The van der Waals surface area contributed by atoms with E-state index in [1.807, 2.05) is 38.2 Å². The second-order valence-electron chi connectivity index (χ2n) is 2.90. The number of aromatic nitrogens is 2. The third-order valence-corrected chi connectivity index (χ3v) is 1.96. The van der Waals surface area contributed by atoms with E-state index in [2.05, 4.69) is 17.1 Å². The van der Waals surface area contributed by atoms with E-state index in [1.54, 1.807) is 6.20 Å². The summed E-state index contributed by atoms with van der Waals surface area (Å²) in [7, 11) is 0. The first-order chi connectivity index (χ1) is 6.25. The van der Waals surface area contributed by atoms with E-state index in [0.717, 1.165) is 11.3 Å². The monoisotopic (exact) mass is 174 g/mol. The van der Waals surface area contributed by atoms with Gasteiger partial charge in [-0.05, 0) is 31.9 Å². The Balaban J connectivity index is 2.95. The molecule has 1 heterocycles. The van der Waals surface area contributed by atoms with Crippen molar-refractivity contribution in [2.45, 2.75) is 20.8 Å². The average molecular weight is 174 g/mol. The fourth-order valence-corrected chi connectivity index (χ4v) is 0.997. The maximum atomic E-state index is 3.97. The average Bonchev–Trinajstić information content (AvgIpc) is 2.13. The van der Waals surface area contributed by atoms with Crippen LogP contribution in [0.2, 0.25) is 0 Å². The molecule has 0 spiro atoms. The second-order valence-corrected chi connectivity index (χ2v) is 2.90. The second kappa shape index (κ2) is 4.55. The van der Waals surface area contributed by atoms with Gasteiger partial charge in [-0.3, -0.25) is 0 Å². The quantitative estimate of drug-likeness (QED) is 0.644. The molecule has 0 aliphatic rings. The van der Waals surface area contributed by atoms with E-state index in [4.69, 9.17) is 0 Å². The Labute approximate surface area is 79.0 Å². The molecular formula is C11H14N2. The minimum Gasteiger partial charge on any atom is -0.158 e. The Bertz CT molecular complexity index is 338. The third kappa shape index (κ3) is 2.51. The lowest BCUT2D eigenvalue weighted by Gasteiger charge is -2.00. The molecule has 0 N–H and O–H groups in total. The molecular weight excluding hydrogens is 160 g/mol. The highest BCUT2D eigenvalue weighted by Gasteiger charge is 1.97. The van der Waals surface area contributed by atoms with E-state index in [0.29, 0.717) is 0 Å². The molecule has 1 aromatic rings. The van der Waals surface area contributed by atoms with Crippen LogP contribution in [-0.4, -0.2) is 10.2 Å². The Morgan fingerprint density at radius 1 is 1.23 bits per heavy atom. The minimum absolute atomic E-state index is 0.989. The summed E-state index contributed by atoms with van der Waals surface area (Å²) in [5.41, 5.74) is 3.31. The molecule has 0 saturated carbocycles. The molecule has 0 radical (unpaired) electrons. The molecule has 0 saturated heterocycles. The van der Waals surface area contributed by atoms with Gasteiger partial charge in [0, 0.05) is 0 Å². The zero-order chi connectivity index (χ0) is 9.68. The van der Waals surface area contributed by atoms with Gasteiger partial charge in [-0.15, -0.1) is 0 Å². The molecule has 2 nitrogen and oxygen atoms in total. The molecule has 2 heteroatoms. The topological polar surface area (TPSA) is 25.8 Å². The van der Waals surface area contributed by atoms with Gasteiger partial charge in [0.2, 0.25) is 0 Å². The largest absolute Gasteiger partial charge is 0.158 e. The SMILES string of the molecule is C/C=C\C=C/c1cnnc(C)c1C. The highest BCUT2D eigenvalue weighted by Crippen LogP contribution is 2.09. The fraction of sp³-hybridized carbons (Fsp3) is 0.273. The van der Waals surface area contributed by atoms with E-state index in [9.17, 15) is 0 Å². The summed E-state index contributed by atoms with van der Waals surface area (Å²) in [6, 6.07) is 0. The van der Waals surface area contributed by atoms with Crippen molar-refractivity contribution in [2.75, 3.05) is 0 Å². The predicted molar refractivity (Wildman–Crippen MR) is 55.4 cm³/mol. The van der Waals surface area contributed by atoms with Gasteiger partial charge in [0.15, 0.2) is 0 Å². The van der Waals surface area contributed by atoms with Gasteiger partial charge in [0.1, 0.15) is 0 Å². The molecule has 0 fully saturated rings. The number of nitrogens with zero attached hydrogens (tertiary/aromatic N) is 2. The first-order valence-corrected chi connectivity index (χ1v) is 4.34. The van der Waals surface area contributed by atoms with Crippen molar-refractivity contribution in [3.05, 3.63) is 41.2 Å². The fourth-order valence-electron chi connectivity index (χ4n) is 0.997. The highest BCUT2D eigenvalue weighted by molar-refractivity contribution is 5.54. The van der Waals surface area contributed by atoms with Crippen molar-refractivity contribution < 1.29 is 0 Å². The smallest absolute Gasteiger partial charge is 0.0635 e. The van der Waals surface area contributed by atoms with Crippen molar-refractivity contribution in [1.82, 2.24) is 10.2 Å². The first kappa shape index (κ1) is 9.65. The highest BCUT2D eigenvalue weighted by atomic mass is 15.1. The molecule has 0 bridgehead atoms. The number of hydrogen-bond acceptors (Lipinski definition) is 2. The molecule has 0 aliphatic heterocycles. The van der Waals surface area contributed by atoms with E-state index in [1.165, 1.54) is 5.56 Å². The first-order valence-electron chi connectivity index (χ1n) is 4.34. The van der Waals surface area contributed by atoms with Gasteiger partial charge >= 0.3 is 0 Å². The molecule has 1 rings (SSSR count). The zero-order valence-corrected chi connectivity index (χ0v) is 8.28. The Kier molecular flexibility index (Phi) is 3.38. The van der Waals surface area contributed by atoms with Crippen LogP contribution in [0, 0.1) is 13.8 Å². The van der Waals surface area contributed by atoms with Crippen LogP contribution in [0.4, 0.5) is 0 Å². The number of rotatable bonds is 2. The van der Waals surface area contributed by atoms with Crippen molar-refractivity contribution in [3.8, 4) is 0 Å². The lowest BCUT2D eigenvalue weighted by atomic mass is 10.1. The predicted octanol–water partition coefficient (Wildman–Crippen LogP) is 2.68. The molecule has 13 heavy (non-hydrogen) atoms. The number of aryl methyl sites for hydroxylation is 1. The Morgan fingerprint density at radius 2 is 2.00 bits per heavy atom. The van der Waals surface area contributed by atoms with Crippen molar-refractivity contribution >= 4 is 6.08 Å². The summed E-state index contributed by atoms with van der Waals surface area (Å²) >= 11 is 0. The molecule has 0 aromatic carbocycles. The standard InChI is InChI=1S/C11H14N2/c1-4-5-6-7-11-8-12-13-10(3)9(11)2/h4-8H,1-3H3/b5-4-,7-6-. The zero-order valence-electron chi connectivity index (χ0n) is 8.28. The summed E-state index contributed by atoms with van der Waals surface area (Å²) in [5.74, 6) is 0. The molecule has 0 atom stereocenters. The van der Waals surface area contributed by atoms with Gasteiger partial charge in [0.05, 0.1) is 11.9 Å². The van der Waals surface area contributed by atoms with E-state index in [-0.39, 0.29) is 0 Å². The van der Waals surface area contributed by atoms with Gasteiger partial charge in [-0.25, -0.2) is 0 Å². The van der Waals surface area contributed by atoms with Gasteiger partial charge < -0.3 is 0 Å². The molecule has 0 unspecified atom stereocenters.